The van der Waals surface area contributed by atoms with Crippen molar-refractivity contribution in [2.45, 2.75) is 28.7 Å². The molecule has 0 unspecified atom stereocenters. The van der Waals surface area contributed by atoms with E-state index in [9.17, 15) is 9.90 Å². The zero-order valence-corrected chi connectivity index (χ0v) is 16.9. The number of nitrogens with zero attached hydrogens (tertiary/aromatic N) is 2. The molecule has 2 aromatic heterocycles. The zero-order chi connectivity index (χ0) is 20.0. The first-order valence-electron chi connectivity index (χ1n) is 9.29. The van der Waals surface area contributed by atoms with Crippen LogP contribution in [0.1, 0.15) is 29.2 Å². The SMILES string of the molecule is O=C(O)c1ccc2nc(-c3c(Sc4ccc(Cl)cc4)c[nH][n+]3C3CC3)ccc2c1. The van der Waals surface area contributed by atoms with Crippen molar-refractivity contribution in [1.29, 1.82) is 0 Å². The molecule has 144 valence electrons. The molecule has 2 N–H and O–H groups in total. The summed E-state index contributed by atoms with van der Waals surface area (Å²) >= 11 is 7.68. The number of hydrogen-bond acceptors (Lipinski definition) is 3. The van der Waals surface area contributed by atoms with Crippen LogP contribution in [0.25, 0.3) is 22.3 Å². The quantitative estimate of drug-likeness (QED) is 0.425. The zero-order valence-electron chi connectivity index (χ0n) is 15.3. The standard InChI is InChI=1S/C22H16ClN3O2S/c23-15-3-7-17(8-4-15)29-20-12-24-26(16-5-6-16)21(20)19-10-1-13-11-14(22(27)28)2-9-18(13)25-19/h1-4,7-12,16H,5-6H2,(H,27,28)/p+1. The Bertz CT molecular complexity index is 1230. The molecule has 5 rings (SSSR count). The second-order valence-corrected chi connectivity index (χ2v) is 8.60. The molecule has 2 heterocycles. The van der Waals surface area contributed by atoms with Crippen molar-refractivity contribution in [2.75, 3.05) is 0 Å². The molecule has 0 spiro atoms. The van der Waals surface area contributed by atoms with Gasteiger partial charge in [0.25, 0.3) is 5.69 Å². The number of aromatic amines is 1. The molecule has 2 aromatic carbocycles. The lowest BCUT2D eigenvalue weighted by atomic mass is 10.1. The van der Waals surface area contributed by atoms with Gasteiger partial charge in [-0.3, -0.25) is 0 Å². The summed E-state index contributed by atoms with van der Waals surface area (Å²) in [7, 11) is 0. The van der Waals surface area contributed by atoms with E-state index in [-0.39, 0.29) is 5.56 Å². The Balaban J connectivity index is 1.58. The summed E-state index contributed by atoms with van der Waals surface area (Å²) in [6.45, 7) is 0. The highest BCUT2D eigenvalue weighted by molar-refractivity contribution is 7.99. The molecule has 0 bridgehead atoms. The van der Waals surface area contributed by atoms with Crippen molar-refractivity contribution in [3.8, 4) is 11.4 Å². The van der Waals surface area contributed by atoms with Crippen LogP contribution >= 0.6 is 23.4 Å². The van der Waals surface area contributed by atoms with Gasteiger partial charge in [-0.25, -0.2) is 9.78 Å². The Morgan fingerprint density at radius 1 is 1.14 bits per heavy atom. The number of benzene rings is 2. The Kier molecular flexibility index (Phi) is 4.53. The number of halogens is 1. The fourth-order valence-corrected chi connectivity index (χ4v) is 4.41. The lowest BCUT2D eigenvalue weighted by molar-refractivity contribution is -0.744. The second-order valence-electron chi connectivity index (χ2n) is 7.05. The summed E-state index contributed by atoms with van der Waals surface area (Å²) in [5.74, 6) is -0.935. The van der Waals surface area contributed by atoms with Crippen molar-refractivity contribution in [3.05, 3.63) is 71.4 Å². The van der Waals surface area contributed by atoms with Crippen molar-refractivity contribution in [1.82, 2.24) is 10.1 Å². The van der Waals surface area contributed by atoms with Crippen LogP contribution < -0.4 is 4.68 Å². The van der Waals surface area contributed by atoms with E-state index in [1.165, 1.54) is 0 Å². The lowest BCUT2D eigenvalue weighted by Crippen LogP contribution is -2.36. The molecule has 0 radical (unpaired) electrons. The Hall–Kier alpha value is -2.83. The Morgan fingerprint density at radius 2 is 1.93 bits per heavy atom. The number of aromatic nitrogens is 3. The first-order chi connectivity index (χ1) is 14.1. The van der Waals surface area contributed by atoms with Crippen molar-refractivity contribution >= 4 is 40.2 Å². The van der Waals surface area contributed by atoms with E-state index in [1.807, 2.05) is 42.6 Å². The molecule has 1 saturated carbocycles. The number of fused-ring (bicyclic) bond motifs is 1. The fourth-order valence-electron chi connectivity index (χ4n) is 3.35. The van der Waals surface area contributed by atoms with Gasteiger partial charge in [0, 0.05) is 28.1 Å². The first kappa shape index (κ1) is 18.2. The minimum atomic E-state index is -0.935. The number of H-pyrrole nitrogens is 1. The van der Waals surface area contributed by atoms with E-state index in [2.05, 4.69) is 9.78 Å². The number of carboxylic acid groups (broad SMARTS) is 1. The number of aromatic carboxylic acids is 1. The minimum Gasteiger partial charge on any atom is -0.478 e. The maximum atomic E-state index is 11.2. The van der Waals surface area contributed by atoms with Crippen molar-refractivity contribution in [2.24, 2.45) is 0 Å². The monoisotopic (exact) mass is 422 g/mol. The molecule has 1 aliphatic rings. The number of pyridine rings is 1. The second kappa shape index (κ2) is 7.21. The van der Waals surface area contributed by atoms with Crippen LogP contribution in [-0.2, 0) is 0 Å². The third-order valence-electron chi connectivity index (χ3n) is 4.94. The molecular formula is C22H17ClN3O2S+. The highest BCUT2D eigenvalue weighted by atomic mass is 35.5. The average Bonchev–Trinajstić information content (AvgIpc) is 3.49. The summed E-state index contributed by atoms with van der Waals surface area (Å²) < 4.78 is 2.19. The van der Waals surface area contributed by atoms with Gasteiger partial charge in [0.2, 0.25) is 0 Å². The Labute approximate surface area is 176 Å². The van der Waals surface area contributed by atoms with Crippen LogP contribution in [0.3, 0.4) is 0 Å². The number of carbonyl (C=O) groups is 1. The molecule has 0 saturated heterocycles. The minimum absolute atomic E-state index is 0.265. The predicted octanol–water partition coefficient (Wildman–Crippen LogP) is 5.36. The van der Waals surface area contributed by atoms with Gasteiger partial charge in [0.1, 0.15) is 10.6 Å². The molecular weight excluding hydrogens is 406 g/mol. The van der Waals surface area contributed by atoms with Crippen LogP contribution in [0, 0.1) is 0 Å². The van der Waals surface area contributed by atoms with Crippen LogP contribution in [0.2, 0.25) is 5.02 Å². The lowest BCUT2D eigenvalue weighted by Gasteiger charge is -2.04. The topological polar surface area (TPSA) is 69.9 Å². The molecule has 7 heteroatoms. The van der Waals surface area contributed by atoms with Gasteiger partial charge in [-0.2, -0.15) is 5.10 Å². The van der Waals surface area contributed by atoms with Crippen molar-refractivity contribution in [3.63, 3.8) is 0 Å². The molecule has 0 aliphatic heterocycles. The summed E-state index contributed by atoms with van der Waals surface area (Å²) in [6.07, 6.45) is 4.32. The van der Waals surface area contributed by atoms with E-state index in [0.717, 1.165) is 44.9 Å². The number of carboxylic acids is 1. The van der Waals surface area contributed by atoms with Crippen LogP contribution in [0.5, 0.6) is 0 Å². The van der Waals surface area contributed by atoms with Gasteiger partial charge < -0.3 is 5.11 Å². The average molecular weight is 423 g/mol. The van der Waals surface area contributed by atoms with Crippen molar-refractivity contribution < 1.29 is 14.6 Å². The molecule has 5 nitrogen and oxygen atoms in total. The highest BCUT2D eigenvalue weighted by Gasteiger charge is 2.38. The molecule has 1 aliphatic carbocycles. The normalized spacial score (nSPS) is 13.7. The van der Waals surface area contributed by atoms with Crippen LogP contribution in [-0.4, -0.2) is 21.2 Å². The predicted molar refractivity (Wildman–Crippen MR) is 113 cm³/mol. The van der Waals surface area contributed by atoms with E-state index in [1.54, 1.807) is 30.0 Å². The van der Waals surface area contributed by atoms with Crippen LogP contribution in [0.4, 0.5) is 0 Å². The number of hydrogen-bond donors (Lipinski definition) is 2. The third kappa shape index (κ3) is 3.61. The molecule has 1 fully saturated rings. The molecule has 0 amide bonds. The van der Waals surface area contributed by atoms with E-state index in [0.29, 0.717) is 11.1 Å². The van der Waals surface area contributed by atoms with E-state index in [4.69, 9.17) is 16.6 Å². The summed E-state index contributed by atoms with van der Waals surface area (Å²) in [6, 6.07) is 17.2. The largest absolute Gasteiger partial charge is 0.478 e. The smallest absolute Gasteiger partial charge is 0.335 e. The van der Waals surface area contributed by atoms with Gasteiger partial charge in [-0.05, 0) is 48.5 Å². The molecule has 29 heavy (non-hydrogen) atoms. The first-order valence-corrected chi connectivity index (χ1v) is 10.5. The van der Waals surface area contributed by atoms with E-state index < -0.39 is 5.97 Å². The summed E-state index contributed by atoms with van der Waals surface area (Å²) in [4.78, 5) is 18.3. The number of nitrogens with one attached hydrogen (secondary N) is 1. The van der Waals surface area contributed by atoms with Gasteiger partial charge in [-0.1, -0.05) is 29.4 Å². The maximum Gasteiger partial charge on any atom is 0.335 e. The van der Waals surface area contributed by atoms with Gasteiger partial charge in [-0.15, -0.1) is 4.68 Å². The maximum absolute atomic E-state index is 11.2. The summed E-state index contributed by atoms with van der Waals surface area (Å²) in [5.41, 5.74) is 2.96. The van der Waals surface area contributed by atoms with Gasteiger partial charge >= 0.3 is 5.97 Å². The highest BCUT2D eigenvalue weighted by Crippen LogP contribution is 2.38. The molecule has 4 aromatic rings. The fraction of sp³-hybridized carbons (Fsp3) is 0.136. The molecule has 0 atom stereocenters. The number of rotatable bonds is 5. The van der Waals surface area contributed by atoms with Gasteiger partial charge in [0.05, 0.1) is 17.3 Å². The van der Waals surface area contributed by atoms with Gasteiger partial charge in [0.15, 0.2) is 6.04 Å². The van der Waals surface area contributed by atoms with E-state index >= 15 is 0 Å². The Morgan fingerprint density at radius 3 is 2.66 bits per heavy atom. The third-order valence-corrected chi connectivity index (χ3v) is 6.23. The van der Waals surface area contributed by atoms with Crippen LogP contribution in [0.15, 0.2) is 70.6 Å². The summed E-state index contributed by atoms with van der Waals surface area (Å²) in [5, 5.41) is 14.1.